The van der Waals surface area contributed by atoms with E-state index in [-0.39, 0.29) is 0 Å². The normalized spacial score (nSPS) is 16.5. The number of nitrogens with zero attached hydrogens (tertiary/aromatic N) is 2. The fourth-order valence-corrected chi connectivity index (χ4v) is 1.88. The monoisotopic (exact) mass is 202 g/mol. The zero-order valence-corrected chi connectivity index (χ0v) is 9.48. The summed E-state index contributed by atoms with van der Waals surface area (Å²) >= 11 is 0. The Morgan fingerprint density at radius 2 is 2.33 bits per heavy atom. The van der Waals surface area contributed by atoms with Gasteiger partial charge in [0.15, 0.2) is 0 Å². The number of hydrogen-bond acceptors (Lipinski definition) is 2. The van der Waals surface area contributed by atoms with Crippen LogP contribution in [0.25, 0.3) is 0 Å². The van der Waals surface area contributed by atoms with Crippen molar-refractivity contribution in [3.63, 3.8) is 0 Å². The van der Waals surface area contributed by atoms with E-state index in [2.05, 4.69) is 41.9 Å². The van der Waals surface area contributed by atoms with E-state index in [1.54, 1.807) is 0 Å². The van der Waals surface area contributed by atoms with Crippen LogP contribution in [0.2, 0.25) is 0 Å². The molecule has 2 heteroatoms. The molecule has 80 valence electrons. The minimum atomic E-state index is 0.646. The van der Waals surface area contributed by atoms with Crippen molar-refractivity contribution in [3.8, 4) is 0 Å². The Morgan fingerprint density at radius 1 is 1.47 bits per heavy atom. The van der Waals surface area contributed by atoms with Crippen LogP contribution in [0.15, 0.2) is 30.5 Å². The molecular formula is C13H18N2. The zero-order valence-electron chi connectivity index (χ0n) is 9.48. The Morgan fingerprint density at radius 3 is 3.07 bits per heavy atom. The van der Waals surface area contributed by atoms with Crippen molar-refractivity contribution < 1.29 is 0 Å². The highest BCUT2D eigenvalue weighted by molar-refractivity contribution is 5.23. The van der Waals surface area contributed by atoms with E-state index in [9.17, 15) is 0 Å². The minimum absolute atomic E-state index is 0.646. The lowest BCUT2D eigenvalue weighted by Crippen LogP contribution is -2.16. The molecule has 0 atom stereocenters. The Hall–Kier alpha value is -1.15. The zero-order chi connectivity index (χ0) is 10.7. The minimum Gasteiger partial charge on any atom is -0.290 e. The molecule has 0 saturated carbocycles. The fourth-order valence-electron chi connectivity index (χ4n) is 1.88. The first kappa shape index (κ1) is 10.4. The summed E-state index contributed by atoms with van der Waals surface area (Å²) in [5, 5.41) is 0. The third-order valence-electron chi connectivity index (χ3n) is 2.64. The van der Waals surface area contributed by atoms with Gasteiger partial charge in [0.2, 0.25) is 0 Å². The van der Waals surface area contributed by atoms with Crippen molar-refractivity contribution in [3.05, 3.63) is 41.7 Å². The van der Waals surface area contributed by atoms with Gasteiger partial charge in [-0.1, -0.05) is 32.1 Å². The summed E-state index contributed by atoms with van der Waals surface area (Å²) in [5.74, 6) is 0.646. The highest BCUT2D eigenvalue weighted by atomic mass is 15.1. The van der Waals surface area contributed by atoms with Crippen LogP contribution >= 0.6 is 0 Å². The average Bonchev–Trinajstić information content (AvgIpc) is 2.59. The van der Waals surface area contributed by atoms with Crippen LogP contribution in [-0.4, -0.2) is 16.4 Å². The second-order valence-corrected chi connectivity index (χ2v) is 4.45. The third-order valence-corrected chi connectivity index (χ3v) is 2.64. The van der Waals surface area contributed by atoms with E-state index in [0.29, 0.717) is 5.92 Å². The van der Waals surface area contributed by atoms with E-state index in [0.717, 1.165) is 19.6 Å². The molecule has 2 heterocycles. The number of aromatic nitrogens is 1. The molecule has 1 aromatic rings. The Labute approximate surface area is 91.6 Å². The summed E-state index contributed by atoms with van der Waals surface area (Å²) in [6.45, 7) is 7.49. The van der Waals surface area contributed by atoms with Crippen LogP contribution in [0, 0.1) is 5.92 Å². The molecule has 1 aliphatic rings. The van der Waals surface area contributed by atoms with E-state index in [1.165, 1.54) is 11.3 Å². The van der Waals surface area contributed by atoms with Crippen LogP contribution in [0.1, 0.15) is 25.1 Å². The highest BCUT2D eigenvalue weighted by Crippen LogP contribution is 2.19. The Bertz CT molecular complexity index is 330. The van der Waals surface area contributed by atoms with Gasteiger partial charge in [0.1, 0.15) is 0 Å². The molecule has 0 fully saturated rings. The SMILES string of the molecule is CC(C)/C=C/CN1Cc2cccnc2C1. The predicted molar refractivity (Wildman–Crippen MR) is 62.3 cm³/mol. The summed E-state index contributed by atoms with van der Waals surface area (Å²) < 4.78 is 0. The van der Waals surface area contributed by atoms with E-state index in [4.69, 9.17) is 0 Å². The van der Waals surface area contributed by atoms with Crippen molar-refractivity contribution >= 4 is 0 Å². The van der Waals surface area contributed by atoms with Crippen molar-refractivity contribution in [1.29, 1.82) is 0 Å². The van der Waals surface area contributed by atoms with Gasteiger partial charge in [0, 0.05) is 25.8 Å². The van der Waals surface area contributed by atoms with Crippen LogP contribution in [0.4, 0.5) is 0 Å². The molecule has 2 nitrogen and oxygen atoms in total. The van der Waals surface area contributed by atoms with Gasteiger partial charge >= 0.3 is 0 Å². The number of fused-ring (bicyclic) bond motifs is 1. The van der Waals surface area contributed by atoms with Crippen LogP contribution < -0.4 is 0 Å². The summed E-state index contributed by atoms with van der Waals surface area (Å²) in [7, 11) is 0. The van der Waals surface area contributed by atoms with Gasteiger partial charge in [-0.05, 0) is 17.5 Å². The van der Waals surface area contributed by atoms with Gasteiger partial charge in [0.25, 0.3) is 0 Å². The van der Waals surface area contributed by atoms with Crippen molar-refractivity contribution in [2.24, 2.45) is 5.92 Å². The lowest BCUT2D eigenvalue weighted by Gasteiger charge is -2.10. The van der Waals surface area contributed by atoms with Crippen molar-refractivity contribution in [1.82, 2.24) is 9.88 Å². The topological polar surface area (TPSA) is 16.1 Å². The molecule has 15 heavy (non-hydrogen) atoms. The molecule has 0 aromatic carbocycles. The van der Waals surface area contributed by atoms with Gasteiger partial charge in [-0.3, -0.25) is 9.88 Å². The summed E-state index contributed by atoms with van der Waals surface area (Å²) in [4.78, 5) is 6.80. The molecule has 0 bridgehead atoms. The Kier molecular flexibility index (Phi) is 3.17. The summed E-state index contributed by atoms with van der Waals surface area (Å²) in [6.07, 6.45) is 6.40. The molecule has 2 rings (SSSR count). The van der Waals surface area contributed by atoms with Crippen molar-refractivity contribution in [2.75, 3.05) is 6.54 Å². The van der Waals surface area contributed by atoms with Gasteiger partial charge in [-0.25, -0.2) is 0 Å². The maximum Gasteiger partial charge on any atom is 0.0589 e. The molecule has 0 unspecified atom stereocenters. The molecule has 1 aromatic heterocycles. The average molecular weight is 202 g/mol. The van der Waals surface area contributed by atoms with Gasteiger partial charge < -0.3 is 0 Å². The van der Waals surface area contributed by atoms with Gasteiger partial charge in [-0.15, -0.1) is 0 Å². The first-order valence-electron chi connectivity index (χ1n) is 5.57. The van der Waals surface area contributed by atoms with Gasteiger partial charge in [0.05, 0.1) is 5.69 Å². The Balaban J connectivity index is 1.91. The van der Waals surface area contributed by atoms with E-state index >= 15 is 0 Å². The maximum absolute atomic E-state index is 4.39. The summed E-state index contributed by atoms with van der Waals surface area (Å²) in [6, 6.07) is 4.20. The van der Waals surface area contributed by atoms with Gasteiger partial charge in [-0.2, -0.15) is 0 Å². The highest BCUT2D eigenvalue weighted by Gasteiger charge is 2.17. The number of pyridine rings is 1. The molecule has 0 radical (unpaired) electrons. The number of hydrogen-bond donors (Lipinski definition) is 0. The molecule has 0 saturated heterocycles. The lowest BCUT2D eigenvalue weighted by atomic mass is 10.2. The van der Waals surface area contributed by atoms with Crippen LogP contribution in [-0.2, 0) is 13.1 Å². The summed E-state index contributed by atoms with van der Waals surface area (Å²) in [5.41, 5.74) is 2.63. The molecule has 0 N–H and O–H groups in total. The first-order chi connectivity index (χ1) is 7.25. The van der Waals surface area contributed by atoms with Crippen LogP contribution in [0.5, 0.6) is 0 Å². The fraction of sp³-hybridized carbons (Fsp3) is 0.462. The number of rotatable bonds is 3. The molecule has 0 amide bonds. The molecular weight excluding hydrogens is 184 g/mol. The van der Waals surface area contributed by atoms with E-state index < -0.39 is 0 Å². The standard InChI is InChI=1S/C13H18N2/c1-11(2)5-4-8-15-9-12-6-3-7-14-13(12)10-15/h3-7,11H,8-10H2,1-2H3/b5-4+. The van der Waals surface area contributed by atoms with Crippen molar-refractivity contribution in [2.45, 2.75) is 26.9 Å². The first-order valence-corrected chi connectivity index (χ1v) is 5.57. The van der Waals surface area contributed by atoms with Crippen LogP contribution in [0.3, 0.4) is 0 Å². The third kappa shape index (κ3) is 2.66. The quantitative estimate of drug-likeness (QED) is 0.700. The molecule has 0 aliphatic carbocycles. The second kappa shape index (κ2) is 4.58. The predicted octanol–water partition coefficient (Wildman–Crippen LogP) is 2.61. The van der Waals surface area contributed by atoms with E-state index in [1.807, 2.05) is 12.3 Å². The second-order valence-electron chi connectivity index (χ2n) is 4.45. The molecule has 1 aliphatic heterocycles. The largest absolute Gasteiger partial charge is 0.290 e. The lowest BCUT2D eigenvalue weighted by molar-refractivity contribution is 0.314. The smallest absolute Gasteiger partial charge is 0.0589 e. The maximum atomic E-state index is 4.39. The molecule has 0 spiro atoms. The number of allylic oxidation sites excluding steroid dienone is 1.